The van der Waals surface area contributed by atoms with E-state index in [9.17, 15) is 5.21 Å². The molecule has 0 fully saturated rings. The minimum absolute atomic E-state index is 0.345. The number of benzene rings is 1. The van der Waals surface area contributed by atoms with Crippen molar-refractivity contribution in [2.75, 3.05) is 19.0 Å². The second-order valence-corrected chi connectivity index (χ2v) is 3.19. The van der Waals surface area contributed by atoms with Crippen molar-refractivity contribution < 1.29 is 4.96 Å². The first-order chi connectivity index (χ1) is 6.68. The van der Waals surface area contributed by atoms with Crippen molar-refractivity contribution in [3.05, 3.63) is 29.5 Å². The molecule has 0 aliphatic carbocycles. The van der Waals surface area contributed by atoms with Gasteiger partial charge in [-0.15, -0.1) is 0 Å². The zero-order valence-electron chi connectivity index (χ0n) is 8.01. The van der Waals surface area contributed by atoms with E-state index < -0.39 is 0 Å². The molecule has 5 heteroatoms. The van der Waals surface area contributed by atoms with Gasteiger partial charge in [-0.3, -0.25) is 0 Å². The van der Waals surface area contributed by atoms with E-state index in [-0.39, 0.29) is 0 Å². The molecule has 14 heavy (non-hydrogen) atoms. The number of hydrogen-bond acceptors (Lipinski definition) is 4. The maximum Gasteiger partial charge on any atom is 0.210 e. The fraction of sp³-hybridized carbons (Fsp3) is 0.222. The molecule has 0 radical (unpaired) electrons. The molecule has 72 valence electrons. The molecule has 1 heterocycles. The van der Waals surface area contributed by atoms with Crippen LogP contribution < -0.4 is 9.86 Å². The van der Waals surface area contributed by atoms with E-state index in [0.717, 1.165) is 5.39 Å². The molecule has 0 N–H and O–H groups in total. The summed E-state index contributed by atoms with van der Waals surface area (Å²) < 4.78 is 0. The Hall–Kier alpha value is -1.91. The molecule has 0 saturated heterocycles. The highest BCUT2D eigenvalue weighted by atomic mass is 16.5. The number of aromatic nitrogens is 3. The van der Waals surface area contributed by atoms with E-state index in [2.05, 4.69) is 10.2 Å². The van der Waals surface area contributed by atoms with Gasteiger partial charge in [-0.2, -0.15) is 0 Å². The Morgan fingerprint density at radius 2 is 1.93 bits per heavy atom. The van der Waals surface area contributed by atoms with Crippen molar-refractivity contribution in [3.63, 3.8) is 0 Å². The first-order valence-corrected chi connectivity index (χ1v) is 4.23. The highest BCUT2D eigenvalue weighted by molar-refractivity contribution is 5.88. The normalized spacial score (nSPS) is 10.4. The molecule has 0 bridgehead atoms. The van der Waals surface area contributed by atoms with Crippen LogP contribution in [-0.2, 0) is 0 Å². The standard InChI is InChI=1S/C9H10N4O/c1-12(2)9-7-5-3-4-6-8(7)10-13(14)11-9/h3-6H,1-2H3. The molecular weight excluding hydrogens is 180 g/mol. The summed E-state index contributed by atoms with van der Waals surface area (Å²) in [5.41, 5.74) is 0.654. The van der Waals surface area contributed by atoms with Gasteiger partial charge in [0.25, 0.3) is 0 Å². The largest absolute Gasteiger partial charge is 0.569 e. The van der Waals surface area contributed by atoms with Crippen LogP contribution in [0.5, 0.6) is 0 Å². The van der Waals surface area contributed by atoms with Gasteiger partial charge in [0.2, 0.25) is 5.82 Å². The molecule has 0 atom stereocenters. The third-order valence-electron chi connectivity index (χ3n) is 1.94. The summed E-state index contributed by atoms with van der Waals surface area (Å²) in [5, 5.41) is 19.5. The summed E-state index contributed by atoms with van der Waals surface area (Å²) in [5.74, 6) is 0.630. The first kappa shape index (κ1) is 8.68. The SMILES string of the molecule is CN(C)c1n[n+]([O-])nc2ccccc12. The maximum atomic E-state index is 11.1. The van der Waals surface area contributed by atoms with E-state index in [4.69, 9.17) is 0 Å². The third kappa shape index (κ3) is 1.32. The highest BCUT2D eigenvalue weighted by Gasteiger charge is 2.10. The van der Waals surface area contributed by atoms with E-state index >= 15 is 0 Å². The van der Waals surface area contributed by atoms with Gasteiger partial charge in [0, 0.05) is 19.2 Å². The van der Waals surface area contributed by atoms with Gasteiger partial charge < -0.3 is 10.1 Å². The molecule has 0 unspecified atom stereocenters. The van der Waals surface area contributed by atoms with Gasteiger partial charge in [0.05, 0.1) is 15.4 Å². The van der Waals surface area contributed by atoms with Crippen LogP contribution in [0.15, 0.2) is 24.3 Å². The van der Waals surface area contributed by atoms with E-state index in [1.807, 2.05) is 32.3 Å². The fourth-order valence-corrected chi connectivity index (χ4v) is 1.33. The van der Waals surface area contributed by atoms with Crippen LogP contribution in [0.4, 0.5) is 5.82 Å². The predicted octanol–water partition coefficient (Wildman–Crippen LogP) is 0.329. The first-order valence-electron chi connectivity index (χ1n) is 4.23. The molecule has 1 aromatic carbocycles. The number of nitrogens with zero attached hydrogens (tertiary/aromatic N) is 4. The maximum absolute atomic E-state index is 11.1. The summed E-state index contributed by atoms with van der Waals surface area (Å²) in [4.78, 5) is 2.13. The van der Waals surface area contributed by atoms with Crippen molar-refractivity contribution >= 4 is 16.7 Å². The average Bonchev–Trinajstić information content (AvgIpc) is 2.16. The van der Waals surface area contributed by atoms with Gasteiger partial charge in [-0.25, -0.2) is 0 Å². The molecule has 0 saturated carbocycles. The number of hydrogen-bond donors (Lipinski definition) is 0. The smallest absolute Gasteiger partial charge is 0.210 e. The lowest BCUT2D eigenvalue weighted by atomic mass is 10.2. The van der Waals surface area contributed by atoms with Gasteiger partial charge in [-0.1, -0.05) is 12.1 Å². The predicted molar refractivity (Wildman–Crippen MR) is 52.8 cm³/mol. The van der Waals surface area contributed by atoms with Gasteiger partial charge >= 0.3 is 0 Å². The molecule has 2 aromatic rings. The zero-order chi connectivity index (χ0) is 10.1. The van der Waals surface area contributed by atoms with Crippen molar-refractivity contribution in [1.82, 2.24) is 10.2 Å². The molecular formula is C9H10N4O. The third-order valence-corrected chi connectivity index (χ3v) is 1.94. The number of fused-ring (bicyclic) bond motifs is 1. The summed E-state index contributed by atoms with van der Waals surface area (Å²) >= 11 is 0. The summed E-state index contributed by atoms with van der Waals surface area (Å²) in [6.45, 7) is 0. The Kier molecular flexibility index (Phi) is 1.92. The van der Waals surface area contributed by atoms with E-state index in [1.54, 1.807) is 11.0 Å². The molecule has 2 rings (SSSR count). The van der Waals surface area contributed by atoms with Crippen LogP contribution in [0.25, 0.3) is 10.9 Å². The summed E-state index contributed by atoms with van der Waals surface area (Å²) in [7, 11) is 3.68. The molecule has 5 nitrogen and oxygen atoms in total. The van der Waals surface area contributed by atoms with E-state index in [1.165, 1.54) is 0 Å². The van der Waals surface area contributed by atoms with Gasteiger partial charge in [0.1, 0.15) is 5.52 Å². The Morgan fingerprint density at radius 1 is 1.21 bits per heavy atom. The fourth-order valence-electron chi connectivity index (χ4n) is 1.33. The van der Waals surface area contributed by atoms with Crippen molar-refractivity contribution in [1.29, 1.82) is 0 Å². The topological polar surface area (TPSA) is 56.0 Å². The molecule has 0 aliphatic heterocycles. The van der Waals surface area contributed by atoms with Gasteiger partial charge in [0.15, 0.2) is 0 Å². The lowest BCUT2D eigenvalue weighted by Crippen LogP contribution is -2.37. The van der Waals surface area contributed by atoms with Crippen molar-refractivity contribution in [2.45, 2.75) is 0 Å². The zero-order valence-corrected chi connectivity index (χ0v) is 8.01. The minimum Gasteiger partial charge on any atom is -0.569 e. The Labute approximate surface area is 81.2 Å². The number of rotatable bonds is 1. The van der Waals surface area contributed by atoms with Crippen LogP contribution >= 0.6 is 0 Å². The lowest BCUT2D eigenvalue weighted by Gasteiger charge is -2.10. The van der Waals surface area contributed by atoms with Crippen molar-refractivity contribution in [3.8, 4) is 0 Å². The second-order valence-electron chi connectivity index (χ2n) is 3.19. The monoisotopic (exact) mass is 190 g/mol. The van der Waals surface area contributed by atoms with E-state index in [0.29, 0.717) is 16.3 Å². The highest BCUT2D eigenvalue weighted by Crippen LogP contribution is 2.18. The molecule has 0 spiro atoms. The molecule has 1 aromatic heterocycles. The Bertz CT molecular complexity index is 469. The van der Waals surface area contributed by atoms with Crippen LogP contribution in [0.2, 0.25) is 0 Å². The van der Waals surface area contributed by atoms with Crippen LogP contribution in [-0.4, -0.2) is 24.3 Å². The summed E-state index contributed by atoms with van der Waals surface area (Å²) in [6.07, 6.45) is 0. The Balaban J connectivity index is 2.80. The van der Waals surface area contributed by atoms with Crippen molar-refractivity contribution in [2.24, 2.45) is 0 Å². The van der Waals surface area contributed by atoms with Crippen LogP contribution in [0.1, 0.15) is 0 Å². The average molecular weight is 190 g/mol. The quantitative estimate of drug-likeness (QED) is 0.480. The second kappa shape index (κ2) is 3.10. The van der Waals surface area contributed by atoms with Gasteiger partial charge in [-0.05, 0) is 12.1 Å². The number of anilines is 1. The minimum atomic E-state index is 0.345. The summed E-state index contributed by atoms with van der Waals surface area (Å²) in [6, 6.07) is 7.42. The van der Waals surface area contributed by atoms with Crippen LogP contribution in [0.3, 0.4) is 0 Å². The van der Waals surface area contributed by atoms with Crippen LogP contribution in [0, 0.1) is 5.21 Å². The molecule has 0 amide bonds. The Morgan fingerprint density at radius 3 is 2.64 bits per heavy atom. The molecule has 0 aliphatic rings. The lowest BCUT2D eigenvalue weighted by molar-refractivity contribution is -0.724.